The number of ketones is 1. The summed E-state index contributed by atoms with van der Waals surface area (Å²) in [6, 6.07) is 5.61. The van der Waals surface area contributed by atoms with Crippen LogP contribution in [-0.4, -0.2) is 60.1 Å². The van der Waals surface area contributed by atoms with Crippen molar-refractivity contribution in [1.29, 1.82) is 0 Å². The standard InChI is InChI=1S/C33H42F3N3O4Si/c1-19-16-39(17-20(2)32(19)43-44(6,7)33(3,4)5)27-10-11-37-15-22(27)14-28(41)26-9-8-23(34)31(38-26)30-24(35)12-21(13-25(30)36)29(42)18-40/h8-13,15,19-20,29,32,40,42H,14,16-18H2,1-7H3/t19-,20+,29-,32?/m1/s1. The maximum absolute atomic E-state index is 14.9. The number of pyridine rings is 2. The lowest BCUT2D eigenvalue weighted by Gasteiger charge is -2.48. The fourth-order valence-corrected chi connectivity index (χ4v) is 7.00. The molecule has 1 aromatic carbocycles. The van der Waals surface area contributed by atoms with E-state index in [1.165, 1.54) is 6.07 Å². The number of carbonyl (C=O) groups is 1. The molecule has 238 valence electrons. The van der Waals surface area contributed by atoms with Gasteiger partial charge in [-0.05, 0) is 65.9 Å². The Morgan fingerprint density at radius 2 is 1.68 bits per heavy atom. The number of aliphatic hydroxyl groups excluding tert-OH is 2. The van der Waals surface area contributed by atoms with E-state index in [0.29, 0.717) is 5.56 Å². The van der Waals surface area contributed by atoms with Crippen LogP contribution in [-0.2, 0) is 10.8 Å². The van der Waals surface area contributed by atoms with Gasteiger partial charge in [-0.15, -0.1) is 0 Å². The minimum Gasteiger partial charge on any atom is -0.413 e. The predicted molar refractivity (Wildman–Crippen MR) is 166 cm³/mol. The Morgan fingerprint density at radius 1 is 1.07 bits per heavy atom. The van der Waals surface area contributed by atoms with Gasteiger partial charge >= 0.3 is 0 Å². The molecule has 0 radical (unpaired) electrons. The number of aromatic nitrogens is 2. The Kier molecular flexibility index (Phi) is 10.0. The van der Waals surface area contributed by atoms with Crippen molar-refractivity contribution >= 4 is 19.8 Å². The van der Waals surface area contributed by atoms with Gasteiger partial charge in [0.05, 0.1) is 18.3 Å². The molecule has 44 heavy (non-hydrogen) atoms. The number of halogens is 3. The van der Waals surface area contributed by atoms with Crippen molar-refractivity contribution in [1.82, 2.24) is 9.97 Å². The third kappa shape index (κ3) is 7.06. The summed E-state index contributed by atoms with van der Waals surface area (Å²) in [6.07, 6.45) is 1.80. The van der Waals surface area contributed by atoms with Crippen molar-refractivity contribution in [2.75, 3.05) is 24.6 Å². The summed E-state index contributed by atoms with van der Waals surface area (Å²) >= 11 is 0. The molecule has 2 aromatic heterocycles. The maximum atomic E-state index is 14.9. The quantitative estimate of drug-likeness (QED) is 0.206. The van der Waals surface area contributed by atoms with Crippen LogP contribution in [0.2, 0.25) is 18.1 Å². The van der Waals surface area contributed by atoms with E-state index in [1.54, 1.807) is 12.4 Å². The summed E-state index contributed by atoms with van der Waals surface area (Å²) in [7, 11) is -1.97. The molecule has 2 N–H and O–H groups in total. The first-order valence-corrected chi connectivity index (χ1v) is 17.8. The van der Waals surface area contributed by atoms with E-state index in [0.717, 1.165) is 37.0 Å². The first-order valence-electron chi connectivity index (χ1n) is 14.9. The molecule has 1 saturated heterocycles. The van der Waals surface area contributed by atoms with Crippen molar-refractivity contribution in [3.05, 3.63) is 77.0 Å². The molecule has 1 aliphatic heterocycles. The Labute approximate surface area is 258 Å². The van der Waals surface area contributed by atoms with Crippen LogP contribution in [0.25, 0.3) is 11.3 Å². The number of benzene rings is 1. The monoisotopic (exact) mass is 629 g/mol. The number of hydrogen-bond acceptors (Lipinski definition) is 7. The van der Waals surface area contributed by atoms with E-state index in [9.17, 15) is 23.1 Å². The molecule has 4 rings (SSSR count). The molecule has 0 bridgehead atoms. The first-order chi connectivity index (χ1) is 20.5. The third-order valence-corrected chi connectivity index (χ3v) is 13.4. The minimum atomic E-state index is -1.97. The Bertz CT molecular complexity index is 1480. The lowest BCUT2D eigenvalue weighted by Crippen LogP contribution is -2.54. The number of anilines is 1. The average molecular weight is 630 g/mol. The first kappa shape index (κ1) is 33.8. The number of hydrogen-bond donors (Lipinski definition) is 2. The molecule has 0 aliphatic carbocycles. The molecule has 0 spiro atoms. The van der Waals surface area contributed by atoms with E-state index in [-0.39, 0.29) is 40.7 Å². The van der Waals surface area contributed by atoms with E-state index >= 15 is 0 Å². The molecular weight excluding hydrogens is 587 g/mol. The molecule has 1 unspecified atom stereocenters. The van der Waals surface area contributed by atoms with Gasteiger partial charge in [0.2, 0.25) is 0 Å². The Balaban J connectivity index is 1.57. The van der Waals surface area contributed by atoms with Crippen LogP contribution in [0.1, 0.15) is 62.3 Å². The maximum Gasteiger partial charge on any atom is 0.192 e. The lowest BCUT2D eigenvalue weighted by atomic mass is 9.87. The van der Waals surface area contributed by atoms with Crippen LogP contribution in [0.15, 0.2) is 42.7 Å². The highest BCUT2D eigenvalue weighted by molar-refractivity contribution is 6.74. The summed E-state index contributed by atoms with van der Waals surface area (Å²) < 4.78 is 51.4. The summed E-state index contributed by atoms with van der Waals surface area (Å²) in [5.74, 6) is -3.36. The Hall–Kier alpha value is -3.12. The van der Waals surface area contributed by atoms with Crippen LogP contribution >= 0.6 is 0 Å². The van der Waals surface area contributed by atoms with Gasteiger partial charge in [-0.2, -0.15) is 0 Å². The van der Waals surface area contributed by atoms with Gasteiger partial charge in [-0.25, -0.2) is 18.2 Å². The zero-order valence-electron chi connectivity index (χ0n) is 26.4. The molecule has 11 heteroatoms. The number of nitrogens with zero attached hydrogens (tertiary/aromatic N) is 3. The number of aliphatic hydroxyl groups is 2. The Morgan fingerprint density at radius 3 is 2.25 bits per heavy atom. The van der Waals surface area contributed by atoms with Crippen molar-refractivity contribution < 1.29 is 32.6 Å². The van der Waals surface area contributed by atoms with Gasteiger partial charge in [0.25, 0.3) is 0 Å². The van der Waals surface area contributed by atoms with Crippen LogP contribution < -0.4 is 4.90 Å². The van der Waals surface area contributed by atoms with Crippen molar-refractivity contribution in [2.24, 2.45) is 11.8 Å². The van der Waals surface area contributed by atoms with E-state index in [2.05, 4.69) is 62.6 Å². The van der Waals surface area contributed by atoms with E-state index < -0.39 is 55.5 Å². The van der Waals surface area contributed by atoms with Gasteiger partial charge in [-0.3, -0.25) is 9.78 Å². The normalized spacial score (nSPS) is 20.1. The van der Waals surface area contributed by atoms with Gasteiger partial charge < -0.3 is 19.5 Å². The second kappa shape index (κ2) is 13.1. The molecule has 7 nitrogen and oxygen atoms in total. The number of rotatable bonds is 9. The minimum absolute atomic E-state index is 0.0971. The number of carbonyl (C=O) groups excluding carboxylic acids is 1. The van der Waals surface area contributed by atoms with Gasteiger partial charge in [0, 0.05) is 43.2 Å². The highest BCUT2D eigenvalue weighted by Crippen LogP contribution is 2.41. The summed E-state index contributed by atoms with van der Waals surface area (Å²) in [4.78, 5) is 23.9. The molecule has 0 saturated carbocycles. The van der Waals surface area contributed by atoms with E-state index in [1.807, 2.05) is 6.07 Å². The molecular formula is C33H42F3N3O4Si. The fourth-order valence-electron chi connectivity index (χ4n) is 5.50. The van der Waals surface area contributed by atoms with Crippen molar-refractivity contribution in [2.45, 2.75) is 71.4 Å². The van der Waals surface area contributed by atoms with Gasteiger partial charge in [0.15, 0.2) is 14.1 Å². The molecule has 3 heterocycles. The highest BCUT2D eigenvalue weighted by Gasteiger charge is 2.43. The van der Waals surface area contributed by atoms with Crippen molar-refractivity contribution in [3.8, 4) is 11.3 Å². The van der Waals surface area contributed by atoms with Crippen molar-refractivity contribution in [3.63, 3.8) is 0 Å². The SMILES string of the molecule is C[C@@H]1CN(c2ccncc2CC(=O)c2ccc(F)c(-c3c(F)cc([C@H](O)CO)cc3F)n2)C[C@H](C)C1O[Si](C)(C)C(C)(C)C. The fraction of sp³-hybridized carbons (Fsp3) is 0.485. The molecule has 3 aromatic rings. The zero-order chi connectivity index (χ0) is 32.6. The molecule has 0 amide bonds. The van der Waals surface area contributed by atoms with Crippen LogP contribution in [0.5, 0.6) is 0 Å². The number of piperidine rings is 1. The third-order valence-electron chi connectivity index (χ3n) is 8.94. The van der Waals surface area contributed by atoms with E-state index in [4.69, 9.17) is 9.53 Å². The van der Waals surface area contributed by atoms with Gasteiger partial charge in [-0.1, -0.05) is 34.6 Å². The van der Waals surface area contributed by atoms with Crippen LogP contribution in [0.3, 0.4) is 0 Å². The second-order valence-electron chi connectivity index (χ2n) is 13.4. The summed E-state index contributed by atoms with van der Waals surface area (Å²) in [6.45, 7) is 16.3. The topological polar surface area (TPSA) is 95.8 Å². The van der Waals surface area contributed by atoms with Crippen LogP contribution in [0, 0.1) is 29.3 Å². The molecule has 1 aliphatic rings. The highest BCUT2D eigenvalue weighted by atomic mass is 28.4. The molecule has 4 atom stereocenters. The van der Waals surface area contributed by atoms with Gasteiger partial charge in [0.1, 0.15) is 34.9 Å². The largest absolute Gasteiger partial charge is 0.413 e. The smallest absolute Gasteiger partial charge is 0.192 e. The number of Topliss-reactive ketones (excluding diaryl/α,β-unsaturated/α-hetero) is 1. The predicted octanol–water partition coefficient (Wildman–Crippen LogP) is 6.49. The summed E-state index contributed by atoms with van der Waals surface area (Å²) in [5, 5.41) is 19.0. The lowest BCUT2D eigenvalue weighted by molar-refractivity contribution is 0.0627. The average Bonchev–Trinajstić information content (AvgIpc) is 2.94. The summed E-state index contributed by atoms with van der Waals surface area (Å²) in [5.41, 5.74) is -0.268. The van der Waals surface area contributed by atoms with Crippen LogP contribution in [0.4, 0.5) is 18.9 Å². The zero-order valence-corrected chi connectivity index (χ0v) is 27.4. The molecule has 1 fully saturated rings. The second-order valence-corrected chi connectivity index (χ2v) is 18.1.